The van der Waals surface area contributed by atoms with E-state index in [2.05, 4.69) is 0 Å². The van der Waals surface area contributed by atoms with Gasteiger partial charge in [-0.15, -0.1) is 11.6 Å². The second-order valence-corrected chi connectivity index (χ2v) is 7.73. The molecular weight excluding hydrogens is 324 g/mol. The quantitative estimate of drug-likeness (QED) is 0.769. The van der Waals surface area contributed by atoms with Crippen LogP contribution in [-0.4, -0.2) is 69.0 Å². The van der Waals surface area contributed by atoms with Crippen LogP contribution in [0.25, 0.3) is 0 Å². The highest BCUT2D eigenvalue weighted by atomic mass is 35.5. The van der Waals surface area contributed by atoms with E-state index in [-0.39, 0.29) is 50.2 Å². The maximum absolute atomic E-state index is 12.1. The molecule has 0 aromatic carbocycles. The highest BCUT2D eigenvalue weighted by Crippen LogP contribution is 2.34. The molecule has 8 heteroatoms. The van der Waals surface area contributed by atoms with E-state index in [1.165, 1.54) is 9.80 Å². The van der Waals surface area contributed by atoms with E-state index in [1.54, 1.807) is 20.8 Å². The average molecular weight is 347 g/mol. The number of alkyl halides is 1. The Hall–Kier alpha value is -1.50. The molecule has 130 valence electrons. The number of halogens is 1. The zero-order chi connectivity index (χ0) is 17.4. The lowest BCUT2D eigenvalue weighted by molar-refractivity contribution is -0.160. The second kappa shape index (κ2) is 6.19. The summed E-state index contributed by atoms with van der Waals surface area (Å²) < 4.78 is 5.31. The molecule has 2 aliphatic rings. The van der Waals surface area contributed by atoms with Gasteiger partial charge in [-0.05, 0) is 33.6 Å². The van der Waals surface area contributed by atoms with Crippen molar-refractivity contribution in [3.8, 4) is 0 Å². The van der Waals surface area contributed by atoms with Crippen LogP contribution in [-0.2, 0) is 14.3 Å². The largest absolute Gasteiger partial charge is 0.479 e. The van der Waals surface area contributed by atoms with Gasteiger partial charge in [0.1, 0.15) is 11.1 Å². The molecule has 2 aliphatic heterocycles. The van der Waals surface area contributed by atoms with Crippen molar-refractivity contribution in [1.29, 1.82) is 0 Å². The summed E-state index contributed by atoms with van der Waals surface area (Å²) in [7, 11) is 0. The molecule has 7 nitrogen and oxygen atoms in total. The highest BCUT2D eigenvalue weighted by molar-refractivity contribution is 6.22. The molecule has 1 atom stereocenters. The van der Waals surface area contributed by atoms with Crippen molar-refractivity contribution in [2.24, 2.45) is 0 Å². The van der Waals surface area contributed by atoms with Gasteiger partial charge in [0, 0.05) is 26.1 Å². The lowest BCUT2D eigenvalue weighted by Crippen LogP contribution is -2.61. The van der Waals surface area contributed by atoms with E-state index in [0.717, 1.165) is 0 Å². The predicted molar refractivity (Wildman–Crippen MR) is 83.4 cm³/mol. The third kappa shape index (κ3) is 3.71. The summed E-state index contributed by atoms with van der Waals surface area (Å²) in [4.78, 5) is 38.9. The zero-order valence-electron chi connectivity index (χ0n) is 13.7. The first-order valence-corrected chi connectivity index (χ1v) is 8.15. The van der Waals surface area contributed by atoms with Crippen molar-refractivity contribution in [1.82, 2.24) is 9.80 Å². The van der Waals surface area contributed by atoms with Crippen LogP contribution in [0.4, 0.5) is 4.79 Å². The van der Waals surface area contributed by atoms with Crippen LogP contribution in [0.2, 0.25) is 0 Å². The number of carboxylic acids is 1. The summed E-state index contributed by atoms with van der Waals surface area (Å²) in [5.74, 6) is -1.28. The standard InChI is InChI=1S/C15H23ClN2O5/c1-14(2,3)23-13(22)17-6-4-15(5-7-17,12(20)21)18-9-10(16)8-11(18)19/h10H,4-9H2,1-3H3,(H,20,21). The number of carboxylic acid groups (broad SMARTS) is 1. The zero-order valence-corrected chi connectivity index (χ0v) is 14.4. The van der Waals surface area contributed by atoms with Gasteiger partial charge >= 0.3 is 12.1 Å². The summed E-state index contributed by atoms with van der Waals surface area (Å²) in [6, 6.07) is 0. The Morgan fingerprint density at radius 1 is 1.30 bits per heavy atom. The third-order valence-electron chi connectivity index (χ3n) is 4.23. The molecule has 1 N–H and O–H groups in total. The highest BCUT2D eigenvalue weighted by Gasteiger charge is 2.52. The first-order chi connectivity index (χ1) is 10.5. The van der Waals surface area contributed by atoms with Crippen molar-refractivity contribution in [3.63, 3.8) is 0 Å². The summed E-state index contributed by atoms with van der Waals surface area (Å²) in [6.07, 6.45) is 0.0553. The monoisotopic (exact) mass is 346 g/mol. The van der Waals surface area contributed by atoms with Crippen LogP contribution >= 0.6 is 11.6 Å². The van der Waals surface area contributed by atoms with E-state index in [4.69, 9.17) is 16.3 Å². The van der Waals surface area contributed by atoms with Crippen LogP contribution < -0.4 is 0 Å². The molecule has 0 aliphatic carbocycles. The minimum absolute atomic E-state index is 0.159. The third-order valence-corrected chi connectivity index (χ3v) is 4.53. The topological polar surface area (TPSA) is 87.2 Å². The maximum Gasteiger partial charge on any atom is 0.410 e. The summed E-state index contributed by atoms with van der Waals surface area (Å²) in [5.41, 5.74) is -1.88. The smallest absolute Gasteiger partial charge is 0.410 e. The minimum Gasteiger partial charge on any atom is -0.479 e. The van der Waals surface area contributed by atoms with Crippen LogP contribution in [0.15, 0.2) is 0 Å². The molecule has 2 amide bonds. The molecule has 0 saturated carbocycles. The van der Waals surface area contributed by atoms with Gasteiger partial charge in [0.15, 0.2) is 0 Å². The number of rotatable bonds is 2. The molecule has 0 bridgehead atoms. The predicted octanol–water partition coefficient (Wildman–Crippen LogP) is 1.68. The number of amides is 2. The Balaban J connectivity index is 2.08. The number of piperidine rings is 1. The molecule has 0 aromatic rings. The van der Waals surface area contributed by atoms with Crippen molar-refractivity contribution < 1.29 is 24.2 Å². The number of carbonyl (C=O) groups excluding carboxylic acids is 2. The minimum atomic E-state index is -1.28. The number of aliphatic carboxylic acids is 1. The number of ether oxygens (including phenoxy) is 1. The summed E-state index contributed by atoms with van der Waals surface area (Å²) >= 11 is 6.00. The van der Waals surface area contributed by atoms with E-state index in [1.807, 2.05) is 0 Å². The summed E-state index contributed by atoms with van der Waals surface area (Å²) in [6.45, 7) is 6.04. The fraction of sp³-hybridized carbons (Fsp3) is 0.800. The van der Waals surface area contributed by atoms with Gasteiger partial charge in [0.25, 0.3) is 0 Å². The Labute approximate surface area is 140 Å². The van der Waals surface area contributed by atoms with E-state index in [9.17, 15) is 19.5 Å². The van der Waals surface area contributed by atoms with Crippen LogP contribution in [0, 0.1) is 0 Å². The van der Waals surface area contributed by atoms with Gasteiger partial charge < -0.3 is 19.6 Å². The SMILES string of the molecule is CC(C)(C)OC(=O)N1CCC(C(=O)O)(N2CC(Cl)CC2=O)CC1. The molecule has 2 heterocycles. The lowest BCUT2D eigenvalue weighted by Gasteiger charge is -2.44. The van der Waals surface area contributed by atoms with Gasteiger partial charge in [0.05, 0.1) is 5.38 Å². The molecule has 0 radical (unpaired) electrons. The number of hydrogen-bond donors (Lipinski definition) is 1. The molecule has 2 saturated heterocycles. The Bertz CT molecular complexity index is 508. The van der Waals surface area contributed by atoms with Gasteiger partial charge in [-0.25, -0.2) is 9.59 Å². The molecular formula is C15H23ClN2O5. The van der Waals surface area contributed by atoms with Gasteiger partial charge in [-0.1, -0.05) is 0 Å². The number of hydrogen-bond acceptors (Lipinski definition) is 4. The van der Waals surface area contributed by atoms with Crippen molar-refractivity contribution >= 4 is 29.6 Å². The number of nitrogens with zero attached hydrogens (tertiary/aromatic N) is 2. The molecule has 0 spiro atoms. The van der Waals surface area contributed by atoms with Crippen molar-refractivity contribution in [2.45, 2.75) is 56.6 Å². The van der Waals surface area contributed by atoms with Crippen LogP contribution in [0.5, 0.6) is 0 Å². The Morgan fingerprint density at radius 2 is 1.87 bits per heavy atom. The number of likely N-dealkylation sites (tertiary alicyclic amines) is 2. The van der Waals surface area contributed by atoms with E-state index >= 15 is 0 Å². The normalized spacial score (nSPS) is 24.7. The van der Waals surface area contributed by atoms with Crippen molar-refractivity contribution in [2.75, 3.05) is 19.6 Å². The molecule has 2 fully saturated rings. The van der Waals surface area contributed by atoms with Crippen LogP contribution in [0.1, 0.15) is 40.0 Å². The summed E-state index contributed by atoms with van der Waals surface area (Å²) in [5, 5.41) is 9.33. The molecule has 0 aromatic heterocycles. The average Bonchev–Trinajstić information content (AvgIpc) is 2.76. The van der Waals surface area contributed by atoms with Crippen molar-refractivity contribution in [3.05, 3.63) is 0 Å². The Kier molecular flexibility index (Phi) is 4.80. The molecule has 23 heavy (non-hydrogen) atoms. The lowest BCUT2D eigenvalue weighted by atomic mass is 9.86. The van der Waals surface area contributed by atoms with E-state index < -0.39 is 23.2 Å². The molecule has 1 unspecified atom stereocenters. The molecule has 2 rings (SSSR count). The first-order valence-electron chi connectivity index (χ1n) is 7.71. The van der Waals surface area contributed by atoms with Gasteiger partial charge in [0.2, 0.25) is 5.91 Å². The van der Waals surface area contributed by atoms with E-state index in [0.29, 0.717) is 0 Å². The van der Waals surface area contributed by atoms with Gasteiger partial charge in [-0.3, -0.25) is 4.79 Å². The van der Waals surface area contributed by atoms with Crippen LogP contribution in [0.3, 0.4) is 0 Å². The fourth-order valence-electron chi connectivity index (χ4n) is 3.06. The second-order valence-electron chi connectivity index (χ2n) is 7.11. The maximum atomic E-state index is 12.1. The Morgan fingerprint density at radius 3 is 2.26 bits per heavy atom. The number of carbonyl (C=O) groups is 3. The first kappa shape index (κ1) is 17.8. The van der Waals surface area contributed by atoms with Gasteiger partial charge in [-0.2, -0.15) is 0 Å². The fourth-order valence-corrected chi connectivity index (χ4v) is 3.33.